The third kappa shape index (κ3) is 2.71. The molecule has 0 saturated carbocycles. The molecule has 0 fully saturated rings. The Morgan fingerprint density at radius 3 is 2.78 bits per heavy atom. The summed E-state index contributed by atoms with van der Waals surface area (Å²) in [6.07, 6.45) is 10.1. The zero-order valence-electron chi connectivity index (χ0n) is 11.7. The van der Waals surface area contributed by atoms with Gasteiger partial charge in [0.05, 0.1) is 0 Å². The molecule has 0 aliphatic heterocycles. The molecule has 0 bridgehead atoms. The van der Waals surface area contributed by atoms with E-state index in [1.54, 1.807) is 6.33 Å². The monoisotopic (exact) mass is 245 g/mol. The Bertz CT molecular complexity index is 501. The molecule has 0 aliphatic rings. The van der Waals surface area contributed by atoms with Crippen molar-refractivity contribution in [2.75, 3.05) is 0 Å². The van der Waals surface area contributed by atoms with Gasteiger partial charge in [0.15, 0.2) is 5.65 Å². The van der Waals surface area contributed by atoms with Crippen LogP contribution in [0.2, 0.25) is 0 Å². The maximum absolute atomic E-state index is 4.28. The van der Waals surface area contributed by atoms with Crippen LogP contribution in [-0.2, 0) is 0 Å². The topological polar surface area (TPSA) is 30.2 Å². The fourth-order valence-electron chi connectivity index (χ4n) is 2.62. The number of hydrogen-bond donors (Lipinski definition) is 0. The van der Waals surface area contributed by atoms with Crippen LogP contribution in [0.4, 0.5) is 0 Å². The number of fused-ring (bicyclic) bond motifs is 1. The first-order chi connectivity index (χ1) is 8.76. The van der Waals surface area contributed by atoms with Crippen LogP contribution in [0.1, 0.15) is 63.0 Å². The summed E-state index contributed by atoms with van der Waals surface area (Å²) in [6, 6.07) is 2.29. The molecule has 2 rings (SSSR count). The molecule has 0 N–H and O–H groups in total. The predicted molar refractivity (Wildman–Crippen MR) is 74.9 cm³/mol. The molecule has 1 atom stereocenters. The highest BCUT2D eigenvalue weighted by molar-refractivity contribution is 5.47. The summed E-state index contributed by atoms with van der Waals surface area (Å²) in [5.41, 5.74) is 3.62. The Balaban J connectivity index is 2.30. The van der Waals surface area contributed by atoms with Crippen LogP contribution in [0.3, 0.4) is 0 Å². The summed E-state index contributed by atoms with van der Waals surface area (Å²) < 4.78 is 1.92. The SMILES string of the molecule is CCCCC(CCC)c1cc(C)c2ncnn2c1. The first-order valence-corrected chi connectivity index (χ1v) is 7.06. The molecule has 0 radical (unpaired) electrons. The van der Waals surface area contributed by atoms with Crippen molar-refractivity contribution in [3.05, 3.63) is 29.7 Å². The van der Waals surface area contributed by atoms with Crippen LogP contribution >= 0.6 is 0 Å². The second-order valence-corrected chi connectivity index (χ2v) is 5.11. The van der Waals surface area contributed by atoms with Crippen LogP contribution in [0, 0.1) is 6.92 Å². The quantitative estimate of drug-likeness (QED) is 0.766. The number of hydrogen-bond acceptors (Lipinski definition) is 2. The normalized spacial score (nSPS) is 13.1. The molecule has 18 heavy (non-hydrogen) atoms. The molecule has 2 aromatic rings. The van der Waals surface area contributed by atoms with E-state index in [0.717, 1.165) is 5.65 Å². The van der Waals surface area contributed by atoms with E-state index in [1.165, 1.54) is 43.2 Å². The average molecular weight is 245 g/mol. The molecule has 2 heterocycles. The van der Waals surface area contributed by atoms with Crippen LogP contribution < -0.4 is 0 Å². The van der Waals surface area contributed by atoms with Gasteiger partial charge in [-0.05, 0) is 36.8 Å². The smallest absolute Gasteiger partial charge is 0.158 e. The van der Waals surface area contributed by atoms with Crippen molar-refractivity contribution in [3.8, 4) is 0 Å². The van der Waals surface area contributed by atoms with E-state index in [4.69, 9.17) is 0 Å². The van der Waals surface area contributed by atoms with Crippen molar-refractivity contribution in [1.29, 1.82) is 0 Å². The molecule has 0 saturated heterocycles. The van der Waals surface area contributed by atoms with E-state index in [1.807, 2.05) is 4.52 Å². The minimum absolute atomic E-state index is 0.669. The summed E-state index contributed by atoms with van der Waals surface area (Å²) in [7, 11) is 0. The zero-order valence-corrected chi connectivity index (χ0v) is 11.7. The fraction of sp³-hybridized carbons (Fsp3) is 0.600. The summed E-state index contributed by atoms with van der Waals surface area (Å²) >= 11 is 0. The van der Waals surface area contributed by atoms with Gasteiger partial charge in [-0.1, -0.05) is 39.2 Å². The molecule has 0 aromatic carbocycles. The fourth-order valence-corrected chi connectivity index (χ4v) is 2.62. The second-order valence-electron chi connectivity index (χ2n) is 5.11. The number of nitrogens with zero attached hydrogens (tertiary/aromatic N) is 3. The maximum Gasteiger partial charge on any atom is 0.158 e. The van der Waals surface area contributed by atoms with Crippen LogP contribution in [-0.4, -0.2) is 14.6 Å². The Kier molecular flexibility index (Phi) is 4.34. The lowest BCUT2D eigenvalue weighted by atomic mass is 9.90. The third-order valence-electron chi connectivity index (χ3n) is 3.59. The highest BCUT2D eigenvalue weighted by Gasteiger charge is 2.13. The van der Waals surface area contributed by atoms with E-state index in [-0.39, 0.29) is 0 Å². The van der Waals surface area contributed by atoms with Gasteiger partial charge >= 0.3 is 0 Å². The molecule has 3 heteroatoms. The van der Waals surface area contributed by atoms with Gasteiger partial charge in [0.1, 0.15) is 6.33 Å². The van der Waals surface area contributed by atoms with Gasteiger partial charge in [0.25, 0.3) is 0 Å². The van der Waals surface area contributed by atoms with E-state index < -0.39 is 0 Å². The summed E-state index contributed by atoms with van der Waals surface area (Å²) in [6.45, 7) is 6.64. The first kappa shape index (κ1) is 13.1. The molecule has 0 aliphatic carbocycles. The summed E-state index contributed by atoms with van der Waals surface area (Å²) in [5, 5.41) is 4.27. The second kappa shape index (κ2) is 5.98. The van der Waals surface area contributed by atoms with Gasteiger partial charge in [-0.2, -0.15) is 5.10 Å². The van der Waals surface area contributed by atoms with Crippen LogP contribution in [0.5, 0.6) is 0 Å². The molecule has 0 spiro atoms. The van der Waals surface area contributed by atoms with Crippen LogP contribution in [0.15, 0.2) is 18.6 Å². The molecule has 98 valence electrons. The first-order valence-electron chi connectivity index (χ1n) is 7.06. The van der Waals surface area contributed by atoms with Crippen molar-refractivity contribution in [3.63, 3.8) is 0 Å². The van der Waals surface area contributed by atoms with E-state index in [2.05, 4.69) is 43.1 Å². The highest BCUT2D eigenvalue weighted by atomic mass is 15.3. The number of aromatic nitrogens is 3. The number of rotatable bonds is 6. The Morgan fingerprint density at radius 2 is 2.06 bits per heavy atom. The van der Waals surface area contributed by atoms with Crippen molar-refractivity contribution < 1.29 is 0 Å². The van der Waals surface area contributed by atoms with E-state index in [9.17, 15) is 0 Å². The molecule has 0 amide bonds. The zero-order chi connectivity index (χ0) is 13.0. The van der Waals surface area contributed by atoms with Crippen molar-refractivity contribution in [1.82, 2.24) is 14.6 Å². The molecular weight excluding hydrogens is 222 g/mol. The number of unbranched alkanes of at least 4 members (excludes halogenated alkanes) is 1. The van der Waals surface area contributed by atoms with Gasteiger partial charge < -0.3 is 0 Å². The lowest BCUT2D eigenvalue weighted by molar-refractivity contribution is 0.538. The molecule has 2 aromatic heterocycles. The Labute approximate surface area is 109 Å². The molecule has 3 nitrogen and oxygen atoms in total. The summed E-state index contributed by atoms with van der Waals surface area (Å²) in [5.74, 6) is 0.669. The number of aryl methyl sites for hydroxylation is 1. The standard InChI is InChI=1S/C15H23N3/c1-4-6-8-13(7-5-2)14-9-12(3)15-16-11-17-18(15)10-14/h9-11,13H,4-8H2,1-3H3. The third-order valence-corrected chi connectivity index (χ3v) is 3.59. The van der Waals surface area contributed by atoms with E-state index >= 15 is 0 Å². The van der Waals surface area contributed by atoms with Crippen molar-refractivity contribution >= 4 is 5.65 Å². The lowest BCUT2D eigenvalue weighted by Gasteiger charge is -2.17. The average Bonchev–Trinajstić information content (AvgIpc) is 2.83. The van der Waals surface area contributed by atoms with Crippen molar-refractivity contribution in [2.24, 2.45) is 0 Å². The maximum atomic E-state index is 4.28. The van der Waals surface area contributed by atoms with Crippen LogP contribution in [0.25, 0.3) is 5.65 Å². The van der Waals surface area contributed by atoms with E-state index in [0.29, 0.717) is 5.92 Å². The summed E-state index contributed by atoms with van der Waals surface area (Å²) in [4.78, 5) is 4.28. The minimum atomic E-state index is 0.669. The van der Waals surface area contributed by atoms with Gasteiger partial charge in [0.2, 0.25) is 0 Å². The largest absolute Gasteiger partial charge is 0.221 e. The molecule has 1 unspecified atom stereocenters. The van der Waals surface area contributed by atoms with Gasteiger partial charge in [-0.15, -0.1) is 0 Å². The van der Waals surface area contributed by atoms with Gasteiger partial charge in [-0.25, -0.2) is 9.50 Å². The van der Waals surface area contributed by atoms with Gasteiger partial charge in [0, 0.05) is 6.20 Å². The predicted octanol–water partition coefficient (Wildman–Crippen LogP) is 4.11. The van der Waals surface area contributed by atoms with Gasteiger partial charge in [-0.3, -0.25) is 0 Å². The minimum Gasteiger partial charge on any atom is -0.221 e. The van der Waals surface area contributed by atoms with Crippen molar-refractivity contribution in [2.45, 2.75) is 58.8 Å². The Morgan fingerprint density at radius 1 is 1.22 bits per heavy atom. The highest BCUT2D eigenvalue weighted by Crippen LogP contribution is 2.28. The number of pyridine rings is 1. The lowest BCUT2D eigenvalue weighted by Crippen LogP contribution is -2.03. The Hall–Kier alpha value is -1.38. The molecular formula is C15H23N3.